The fourth-order valence-electron chi connectivity index (χ4n) is 2.61. The fourth-order valence-corrected chi connectivity index (χ4v) is 2.61. The van der Waals surface area contributed by atoms with Crippen LogP contribution >= 0.6 is 0 Å². The second kappa shape index (κ2) is 6.83. The molecule has 2 aromatic rings. The molecule has 0 saturated carbocycles. The first-order valence-electron chi connectivity index (χ1n) is 7.78. The minimum atomic E-state index is -4.69. The van der Waals surface area contributed by atoms with Gasteiger partial charge in [0.25, 0.3) is 5.91 Å². The lowest BCUT2D eigenvalue weighted by molar-refractivity contribution is -0.159. The van der Waals surface area contributed by atoms with Gasteiger partial charge in [-0.05, 0) is 31.9 Å². The predicted octanol–water partition coefficient (Wildman–Crippen LogP) is 3.05. The Bertz CT molecular complexity index is 737. The zero-order valence-electron chi connectivity index (χ0n) is 13.3. The van der Waals surface area contributed by atoms with Crippen molar-refractivity contribution in [2.75, 3.05) is 6.61 Å². The highest BCUT2D eigenvalue weighted by atomic mass is 19.4. The maximum absolute atomic E-state index is 12.5. The Morgan fingerprint density at radius 3 is 2.60 bits per heavy atom. The molecule has 134 valence electrons. The van der Waals surface area contributed by atoms with Crippen molar-refractivity contribution >= 4 is 5.91 Å². The van der Waals surface area contributed by atoms with Crippen LogP contribution in [0.3, 0.4) is 0 Å². The average Bonchev–Trinajstić information content (AvgIpc) is 3.26. The van der Waals surface area contributed by atoms with Gasteiger partial charge in [-0.2, -0.15) is 18.2 Å². The van der Waals surface area contributed by atoms with E-state index in [0.29, 0.717) is 17.7 Å². The fraction of sp³-hybridized carbons (Fsp3) is 0.438. The molecular weight excluding hydrogens is 339 g/mol. The summed E-state index contributed by atoms with van der Waals surface area (Å²) in [6.45, 7) is 2.57. The number of carbonyl (C=O) groups excluding carboxylic acids is 1. The molecule has 1 fully saturated rings. The van der Waals surface area contributed by atoms with Crippen LogP contribution < -0.4 is 5.32 Å². The van der Waals surface area contributed by atoms with Gasteiger partial charge < -0.3 is 14.6 Å². The van der Waals surface area contributed by atoms with Gasteiger partial charge in [-0.1, -0.05) is 17.3 Å². The maximum atomic E-state index is 12.5. The van der Waals surface area contributed by atoms with Crippen LogP contribution in [0, 0.1) is 0 Å². The van der Waals surface area contributed by atoms with Crippen molar-refractivity contribution in [2.45, 2.75) is 38.1 Å². The van der Waals surface area contributed by atoms with E-state index in [-0.39, 0.29) is 23.9 Å². The van der Waals surface area contributed by atoms with Gasteiger partial charge in [-0.15, -0.1) is 0 Å². The van der Waals surface area contributed by atoms with E-state index in [1.54, 1.807) is 0 Å². The summed E-state index contributed by atoms with van der Waals surface area (Å²) in [5.74, 6) is -1.87. The molecule has 1 aliphatic heterocycles. The van der Waals surface area contributed by atoms with Gasteiger partial charge in [0.1, 0.15) is 0 Å². The van der Waals surface area contributed by atoms with Gasteiger partial charge in [0.05, 0.1) is 12.1 Å². The van der Waals surface area contributed by atoms with Gasteiger partial charge in [0.2, 0.25) is 5.82 Å². The molecule has 9 heteroatoms. The first-order valence-corrected chi connectivity index (χ1v) is 7.78. The number of nitrogens with zero attached hydrogens (tertiary/aromatic N) is 2. The number of aromatic nitrogens is 2. The Morgan fingerprint density at radius 1 is 1.32 bits per heavy atom. The number of ether oxygens (including phenoxy) is 1. The minimum Gasteiger partial charge on any atom is -0.376 e. The Balaban J connectivity index is 1.67. The van der Waals surface area contributed by atoms with Crippen molar-refractivity contribution in [1.82, 2.24) is 15.5 Å². The van der Waals surface area contributed by atoms with E-state index in [1.165, 1.54) is 24.3 Å². The van der Waals surface area contributed by atoms with E-state index in [4.69, 9.17) is 4.74 Å². The molecule has 0 radical (unpaired) electrons. The number of amides is 1. The van der Waals surface area contributed by atoms with Crippen molar-refractivity contribution < 1.29 is 27.2 Å². The first-order chi connectivity index (χ1) is 11.8. The summed E-state index contributed by atoms with van der Waals surface area (Å²) >= 11 is 0. The SMILES string of the molecule is C[C@@H](NC(=O)c1ccc(-c2noc(C(F)(F)F)n2)cc1)[C@@H]1CCCO1. The zero-order valence-corrected chi connectivity index (χ0v) is 13.3. The summed E-state index contributed by atoms with van der Waals surface area (Å²) in [6, 6.07) is 5.81. The van der Waals surface area contributed by atoms with Crippen LogP contribution in [0.5, 0.6) is 0 Å². The molecule has 1 aliphatic rings. The number of carbonyl (C=O) groups is 1. The van der Waals surface area contributed by atoms with E-state index in [0.717, 1.165) is 12.8 Å². The van der Waals surface area contributed by atoms with E-state index in [2.05, 4.69) is 20.0 Å². The van der Waals surface area contributed by atoms with Gasteiger partial charge in [-0.3, -0.25) is 4.79 Å². The van der Waals surface area contributed by atoms with Crippen LogP contribution in [0.4, 0.5) is 13.2 Å². The predicted molar refractivity (Wildman–Crippen MR) is 80.6 cm³/mol. The van der Waals surface area contributed by atoms with Gasteiger partial charge in [-0.25, -0.2) is 0 Å². The maximum Gasteiger partial charge on any atom is 0.471 e. The van der Waals surface area contributed by atoms with Crippen LogP contribution in [-0.2, 0) is 10.9 Å². The smallest absolute Gasteiger partial charge is 0.376 e. The number of halogens is 3. The Morgan fingerprint density at radius 2 is 2.04 bits per heavy atom. The third-order valence-corrected chi connectivity index (χ3v) is 3.96. The third kappa shape index (κ3) is 3.98. The molecular formula is C16H16F3N3O3. The topological polar surface area (TPSA) is 77.3 Å². The van der Waals surface area contributed by atoms with Crippen molar-refractivity contribution in [3.63, 3.8) is 0 Å². The highest BCUT2D eigenvalue weighted by Crippen LogP contribution is 2.29. The lowest BCUT2D eigenvalue weighted by atomic mass is 10.1. The van der Waals surface area contributed by atoms with Crippen molar-refractivity contribution in [2.24, 2.45) is 0 Å². The number of benzene rings is 1. The monoisotopic (exact) mass is 355 g/mol. The number of alkyl halides is 3. The zero-order chi connectivity index (χ0) is 18.0. The number of rotatable bonds is 4. The molecule has 1 saturated heterocycles. The Labute approximate surface area is 141 Å². The largest absolute Gasteiger partial charge is 0.471 e. The van der Waals surface area contributed by atoms with Crippen molar-refractivity contribution in [3.8, 4) is 11.4 Å². The van der Waals surface area contributed by atoms with Crippen molar-refractivity contribution in [1.29, 1.82) is 0 Å². The summed E-state index contributed by atoms with van der Waals surface area (Å²) in [7, 11) is 0. The first kappa shape index (κ1) is 17.4. The van der Waals surface area contributed by atoms with E-state index >= 15 is 0 Å². The molecule has 1 N–H and O–H groups in total. The van der Waals surface area contributed by atoms with Gasteiger partial charge in [0, 0.05) is 17.7 Å². The van der Waals surface area contributed by atoms with Crippen LogP contribution in [0.15, 0.2) is 28.8 Å². The van der Waals surface area contributed by atoms with Crippen molar-refractivity contribution in [3.05, 3.63) is 35.7 Å². The quantitative estimate of drug-likeness (QED) is 0.912. The van der Waals surface area contributed by atoms with E-state index < -0.39 is 12.1 Å². The normalized spacial score (nSPS) is 19.0. The molecule has 0 spiro atoms. The summed E-state index contributed by atoms with van der Waals surface area (Å²) in [5, 5.41) is 6.16. The summed E-state index contributed by atoms with van der Waals surface area (Å²) in [5.41, 5.74) is 0.705. The van der Waals surface area contributed by atoms with Crippen LogP contribution in [-0.4, -0.2) is 34.8 Å². The van der Waals surface area contributed by atoms with Gasteiger partial charge in [0.15, 0.2) is 0 Å². The standard InChI is InChI=1S/C16H16F3N3O3/c1-9(12-3-2-8-24-12)20-14(23)11-6-4-10(5-7-11)13-21-15(25-22-13)16(17,18)19/h4-7,9,12H,2-3,8H2,1H3,(H,20,23)/t9-,12+/m1/s1. The summed E-state index contributed by atoms with van der Waals surface area (Å²) in [4.78, 5) is 15.5. The second-order valence-electron chi connectivity index (χ2n) is 5.81. The molecule has 1 aromatic heterocycles. The second-order valence-corrected chi connectivity index (χ2v) is 5.81. The highest BCUT2D eigenvalue weighted by Gasteiger charge is 2.38. The molecule has 6 nitrogen and oxygen atoms in total. The number of nitrogens with one attached hydrogen (secondary N) is 1. The summed E-state index contributed by atoms with van der Waals surface area (Å²) < 4.78 is 47.1. The molecule has 0 aliphatic carbocycles. The number of hydrogen-bond acceptors (Lipinski definition) is 5. The molecule has 0 unspecified atom stereocenters. The van der Waals surface area contributed by atoms with E-state index in [9.17, 15) is 18.0 Å². The Kier molecular flexibility index (Phi) is 4.76. The Hall–Kier alpha value is -2.42. The minimum absolute atomic E-state index is 0.00310. The van der Waals surface area contributed by atoms with Gasteiger partial charge >= 0.3 is 12.1 Å². The molecule has 0 bridgehead atoms. The molecule has 3 rings (SSSR count). The molecule has 1 aromatic carbocycles. The molecule has 2 heterocycles. The lowest BCUT2D eigenvalue weighted by Gasteiger charge is -2.20. The number of hydrogen-bond donors (Lipinski definition) is 1. The molecule has 25 heavy (non-hydrogen) atoms. The van der Waals surface area contributed by atoms with Crippen LogP contribution in [0.25, 0.3) is 11.4 Å². The van der Waals surface area contributed by atoms with Crippen LogP contribution in [0.1, 0.15) is 36.0 Å². The van der Waals surface area contributed by atoms with Crippen LogP contribution in [0.2, 0.25) is 0 Å². The summed E-state index contributed by atoms with van der Waals surface area (Å²) in [6.07, 6.45) is -2.81. The average molecular weight is 355 g/mol. The highest BCUT2D eigenvalue weighted by molar-refractivity contribution is 5.94. The lowest BCUT2D eigenvalue weighted by Crippen LogP contribution is -2.40. The third-order valence-electron chi connectivity index (χ3n) is 3.96. The van der Waals surface area contributed by atoms with E-state index in [1.807, 2.05) is 6.92 Å². The molecule has 2 atom stereocenters. The molecule has 1 amide bonds.